The number of phenolic OH excluding ortho intramolecular Hbond substituents is 1. The minimum atomic E-state index is 0.254. The lowest BCUT2D eigenvalue weighted by molar-refractivity contribution is 0.356. The lowest BCUT2D eigenvalue weighted by atomic mass is 9.92. The molecule has 114 valence electrons. The van der Waals surface area contributed by atoms with Crippen LogP contribution in [0.15, 0.2) is 40.9 Å². The molecule has 0 radical (unpaired) electrons. The van der Waals surface area contributed by atoms with E-state index in [-0.39, 0.29) is 5.75 Å². The summed E-state index contributed by atoms with van der Waals surface area (Å²) >= 11 is 3.52. The Morgan fingerprint density at radius 3 is 2.32 bits per heavy atom. The second-order valence-electron chi connectivity index (χ2n) is 5.23. The van der Waals surface area contributed by atoms with Crippen molar-refractivity contribution in [3.05, 3.63) is 46.5 Å². The average molecular weight is 361 g/mol. The molecular weight excluding hydrogens is 344 g/mol. The number of phenols is 1. The number of allylic oxidation sites excluding steroid dienone is 4. The van der Waals surface area contributed by atoms with Crippen molar-refractivity contribution in [2.24, 2.45) is 0 Å². The Balaban J connectivity index is 2.25. The maximum Gasteiger partial charge on any atom is 0.161 e. The number of hydrogen-bond donors (Lipinski definition) is 1. The molecule has 3 nitrogen and oxygen atoms in total. The monoisotopic (exact) mass is 360 g/mol. The Hall–Kier alpha value is -1.94. The van der Waals surface area contributed by atoms with Crippen molar-refractivity contribution >= 4 is 32.3 Å². The van der Waals surface area contributed by atoms with Crippen molar-refractivity contribution < 1.29 is 14.6 Å². The highest BCUT2D eigenvalue weighted by atomic mass is 79.9. The third-order valence-electron chi connectivity index (χ3n) is 3.89. The van der Waals surface area contributed by atoms with E-state index in [9.17, 15) is 5.11 Å². The van der Waals surface area contributed by atoms with Crippen LogP contribution >= 0.6 is 15.9 Å². The van der Waals surface area contributed by atoms with Crippen molar-refractivity contribution in [2.75, 3.05) is 14.2 Å². The van der Waals surface area contributed by atoms with Gasteiger partial charge < -0.3 is 14.6 Å². The minimum absolute atomic E-state index is 0.254. The molecule has 0 atom stereocenters. The van der Waals surface area contributed by atoms with Crippen LogP contribution in [0.3, 0.4) is 0 Å². The van der Waals surface area contributed by atoms with Crippen LogP contribution in [0.2, 0.25) is 0 Å². The second kappa shape index (κ2) is 6.05. The second-order valence-corrected chi connectivity index (χ2v) is 6.25. The first-order valence-corrected chi connectivity index (χ1v) is 7.86. The van der Waals surface area contributed by atoms with Crippen LogP contribution in [-0.4, -0.2) is 19.3 Å². The van der Waals surface area contributed by atoms with Gasteiger partial charge in [0.25, 0.3) is 0 Å². The van der Waals surface area contributed by atoms with Crippen molar-refractivity contribution in [1.29, 1.82) is 0 Å². The normalized spacial score (nSPS) is 14.5. The predicted molar refractivity (Wildman–Crippen MR) is 92.9 cm³/mol. The zero-order valence-corrected chi connectivity index (χ0v) is 14.1. The molecule has 4 heteroatoms. The Bertz CT molecular complexity index is 791. The topological polar surface area (TPSA) is 38.7 Å². The molecule has 0 saturated heterocycles. The van der Waals surface area contributed by atoms with Gasteiger partial charge in [0, 0.05) is 0 Å². The summed E-state index contributed by atoms with van der Waals surface area (Å²) in [6.07, 6.45) is 6.06. The van der Waals surface area contributed by atoms with E-state index in [1.807, 2.05) is 18.2 Å². The van der Waals surface area contributed by atoms with Gasteiger partial charge in [-0.15, -0.1) is 0 Å². The fraction of sp³-hybridized carbons (Fsp3) is 0.222. The Labute approximate surface area is 138 Å². The summed E-state index contributed by atoms with van der Waals surface area (Å²) in [5.41, 5.74) is 2.24. The molecular formula is C18H17BrO3. The van der Waals surface area contributed by atoms with E-state index in [2.05, 4.69) is 28.1 Å². The molecule has 0 aromatic heterocycles. The van der Waals surface area contributed by atoms with Gasteiger partial charge in [0.15, 0.2) is 11.5 Å². The number of ether oxygens (including phenoxy) is 2. The average Bonchev–Trinajstić information content (AvgIpc) is 2.53. The van der Waals surface area contributed by atoms with Crippen LogP contribution in [0.5, 0.6) is 17.2 Å². The molecule has 0 heterocycles. The summed E-state index contributed by atoms with van der Waals surface area (Å²) in [5.74, 6) is 1.60. The van der Waals surface area contributed by atoms with Gasteiger partial charge in [0.1, 0.15) is 5.75 Å². The first-order valence-electron chi connectivity index (χ1n) is 7.06. The SMILES string of the molecule is COc1cc2cc(O)cc(C3=CC=C(Br)CC3)c2cc1OC. The van der Waals surface area contributed by atoms with Crippen molar-refractivity contribution in [2.45, 2.75) is 12.8 Å². The number of aromatic hydroxyl groups is 1. The van der Waals surface area contributed by atoms with E-state index < -0.39 is 0 Å². The molecule has 1 aliphatic rings. The van der Waals surface area contributed by atoms with Crippen LogP contribution in [-0.2, 0) is 0 Å². The first kappa shape index (κ1) is 15.0. The summed E-state index contributed by atoms with van der Waals surface area (Å²) < 4.78 is 11.9. The van der Waals surface area contributed by atoms with Crippen LogP contribution in [0.1, 0.15) is 18.4 Å². The van der Waals surface area contributed by atoms with Gasteiger partial charge in [0.2, 0.25) is 0 Å². The summed E-state index contributed by atoms with van der Waals surface area (Å²) in [6.45, 7) is 0. The highest BCUT2D eigenvalue weighted by molar-refractivity contribution is 9.11. The quantitative estimate of drug-likeness (QED) is 0.835. The van der Waals surface area contributed by atoms with E-state index in [1.54, 1.807) is 20.3 Å². The van der Waals surface area contributed by atoms with Crippen LogP contribution in [0.25, 0.3) is 16.3 Å². The maximum atomic E-state index is 10.1. The van der Waals surface area contributed by atoms with Crippen LogP contribution in [0.4, 0.5) is 0 Å². The maximum absolute atomic E-state index is 10.1. The van der Waals surface area contributed by atoms with Gasteiger partial charge in [-0.05, 0) is 63.5 Å². The number of hydrogen-bond acceptors (Lipinski definition) is 3. The standard InChI is InChI=1S/C18H17BrO3/c1-21-17-8-12-7-14(20)9-15(16(12)10-18(17)22-2)11-3-5-13(19)6-4-11/h3,5,7-10,20H,4,6H2,1-2H3. The molecule has 2 aromatic rings. The predicted octanol–water partition coefficient (Wildman–Crippen LogP) is 5.02. The number of benzene rings is 2. The zero-order valence-electron chi connectivity index (χ0n) is 12.5. The summed E-state index contributed by atoms with van der Waals surface area (Å²) in [7, 11) is 3.24. The smallest absolute Gasteiger partial charge is 0.161 e. The van der Waals surface area contributed by atoms with Gasteiger partial charge in [-0.3, -0.25) is 0 Å². The first-order chi connectivity index (χ1) is 10.6. The number of rotatable bonds is 3. The molecule has 0 saturated carbocycles. The highest BCUT2D eigenvalue weighted by Gasteiger charge is 2.14. The summed E-state index contributed by atoms with van der Waals surface area (Å²) in [5, 5.41) is 12.0. The van der Waals surface area contributed by atoms with Gasteiger partial charge >= 0.3 is 0 Å². The lowest BCUT2D eigenvalue weighted by Gasteiger charge is -2.16. The fourth-order valence-electron chi connectivity index (χ4n) is 2.78. The molecule has 2 aromatic carbocycles. The molecule has 0 aliphatic heterocycles. The van der Waals surface area contributed by atoms with Gasteiger partial charge in [-0.1, -0.05) is 28.1 Å². The number of fused-ring (bicyclic) bond motifs is 1. The third-order valence-corrected chi connectivity index (χ3v) is 4.55. The number of halogens is 1. The highest BCUT2D eigenvalue weighted by Crippen LogP contribution is 2.40. The molecule has 22 heavy (non-hydrogen) atoms. The molecule has 0 spiro atoms. The van der Waals surface area contributed by atoms with Gasteiger partial charge in [0.05, 0.1) is 14.2 Å². The van der Waals surface area contributed by atoms with E-state index in [1.165, 1.54) is 10.1 Å². The molecule has 3 rings (SSSR count). The molecule has 1 aliphatic carbocycles. The minimum Gasteiger partial charge on any atom is -0.508 e. The van der Waals surface area contributed by atoms with Crippen molar-refractivity contribution in [1.82, 2.24) is 0 Å². The molecule has 1 N–H and O–H groups in total. The van der Waals surface area contributed by atoms with Crippen LogP contribution in [0, 0.1) is 0 Å². The molecule has 0 unspecified atom stereocenters. The largest absolute Gasteiger partial charge is 0.508 e. The number of methoxy groups -OCH3 is 2. The van der Waals surface area contributed by atoms with Crippen LogP contribution < -0.4 is 9.47 Å². The van der Waals surface area contributed by atoms with E-state index >= 15 is 0 Å². The summed E-state index contributed by atoms with van der Waals surface area (Å²) in [6, 6.07) is 7.42. The lowest BCUT2D eigenvalue weighted by Crippen LogP contribution is -1.95. The Morgan fingerprint density at radius 1 is 0.955 bits per heavy atom. The molecule has 0 bridgehead atoms. The van der Waals surface area contributed by atoms with Gasteiger partial charge in [-0.2, -0.15) is 0 Å². The van der Waals surface area contributed by atoms with E-state index in [0.717, 1.165) is 29.2 Å². The Kier molecular flexibility index (Phi) is 4.12. The fourth-order valence-corrected chi connectivity index (χ4v) is 3.11. The van der Waals surface area contributed by atoms with Crippen molar-refractivity contribution in [3.63, 3.8) is 0 Å². The molecule has 0 fully saturated rings. The van der Waals surface area contributed by atoms with E-state index in [4.69, 9.17) is 9.47 Å². The summed E-state index contributed by atoms with van der Waals surface area (Å²) in [4.78, 5) is 0. The Morgan fingerprint density at radius 2 is 1.68 bits per heavy atom. The third kappa shape index (κ3) is 2.71. The zero-order chi connectivity index (χ0) is 15.7. The molecule has 0 amide bonds. The van der Waals surface area contributed by atoms with Gasteiger partial charge in [-0.25, -0.2) is 0 Å². The van der Waals surface area contributed by atoms with E-state index in [0.29, 0.717) is 11.5 Å². The van der Waals surface area contributed by atoms with Crippen molar-refractivity contribution in [3.8, 4) is 17.2 Å².